The Hall–Kier alpha value is -0.990. The average molecular weight is 212 g/mol. The minimum absolute atomic E-state index is 0. The lowest BCUT2D eigenvalue weighted by atomic mass is 10.0. The molecule has 1 aromatic carbocycles. The second kappa shape index (κ2) is 4.49. The van der Waals surface area contributed by atoms with Crippen molar-refractivity contribution in [3.8, 4) is 5.75 Å². The van der Waals surface area contributed by atoms with Crippen LogP contribution in [0.4, 0.5) is 0 Å². The van der Waals surface area contributed by atoms with Crippen LogP contribution in [-0.2, 0) is 0 Å². The number of nitrogens with one attached hydrogen (secondary N) is 1. The number of halogens is 1. The van der Waals surface area contributed by atoms with E-state index < -0.39 is 0 Å². The second-order valence-corrected chi connectivity index (χ2v) is 3.36. The first kappa shape index (κ1) is 11.1. The van der Waals surface area contributed by atoms with Crippen molar-refractivity contribution in [1.29, 1.82) is 0 Å². The summed E-state index contributed by atoms with van der Waals surface area (Å²) in [4.78, 5) is 0. The van der Waals surface area contributed by atoms with E-state index in [1.165, 1.54) is 5.57 Å². The van der Waals surface area contributed by atoms with Gasteiger partial charge >= 0.3 is 0 Å². The molecule has 1 aliphatic heterocycles. The van der Waals surface area contributed by atoms with Gasteiger partial charge < -0.3 is 10.4 Å². The van der Waals surface area contributed by atoms with Crippen LogP contribution in [-0.4, -0.2) is 18.2 Å². The number of rotatable bonds is 1. The summed E-state index contributed by atoms with van der Waals surface area (Å²) in [5.74, 6) is 0.380. The van der Waals surface area contributed by atoms with Crippen LogP contribution in [0.1, 0.15) is 11.1 Å². The molecule has 1 heterocycles. The first-order valence-electron chi connectivity index (χ1n) is 4.47. The zero-order valence-electron chi connectivity index (χ0n) is 8.08. The molecule has 0 fully saturated rings. The molecule has 0 saturated carbocycles. The Labute approximate surface area is 90.1 Å². The maximum Gasteiger partial charge on any atom is 0.119 e. The Morgan fingerprint density at radius 2 is 2.14 bits per heavy atom. The molecule has 0 radical (unpaired) electrons. The Kier molecular flexibility index (Phi) is 3.55. The molecule has 0 aliphatic carbocycles. The predicted octanol–water partition coefficient (Wildman–Crippen LogP) is 2.11. The van der Waals surface area contributed by atoms with Crippen molar-refractivity contribution in [3.05, 3.63) is 35.4 Å². The van der Waals surface area contributed by atoms with Crippen LogP contribution >= 0.6 is 12.4 Å². The van der Waals surface area contributed by atoms with Gasteiger partial charge in [0.2, 0.25) is 0 Å². The van der Waals surface area contributed by atoms with Gasteiger partial charge in [0, 0.05) is 13.1 Å². The van der Waals surface area contributed by atoms with E-state index in [4.69, 9.17) is 0 Å². The molecule has 0 atom stereocenters. The molecule has 0 unspecified atom stereocenters. The van der Waals surface area contributed by atoms with Gasteiger partial charge in [0.25, 0.3) is 0 Å². The first-order valence-corrected chi connectivity index (χ1v) is 4.47. The lowest BCUT2D eigenvalue weighted by Gasteiger charge is -2.04. The molecule has 0 aromatic heterocycles. The van der Waals surface area contributed by atoms with E-state index in [0.29, 0.717) is 5.75 Å². The Morgan fingerprint density at radius 3 is 2.71 bits per heavy atom. The first-order chi connectivity index (χ1) is 6.27. The van der Waals surface area contributed by atoms with Crippen LogP contribution in [0.3, 0.4) is 0 Å². The van der Waals surface area contributed by atoms with E-state index >= 15 is 0 Å². The third-order valence-corrected chi connectivity index (χ3v) is 2.39. The largest absolute Gasteiger partial charge is 0.508 e. The minimum Gasteiger partial charge on any atom is -0.508 e. The summed E-state index contributed by atoms with van der Waals surface area (Å²) < 4.78 is 0. The summed E-state index contributed by atoms with van der Waals surface area (Å²) in [6, 6.07) is 5.83. The summed E-state index contributed by atoms with van der Waals surface area (Å²) in [7, 11) is 0. The van der Waals surface area contributed by atoms with Gasteiger partial charge in [-0.15, -0.1) is 12.4 Å². The molecule has 1 aromatic rings. The molecule has 0 amide bonds. The second-order valence-electron chi connectivity index (χ2n) is 3.36. The molecular formula is C11H14ClNO. The number of hydrogen-bond acceptors (Lipinski definition) is 2. The van der Waals surface area contributed by atoms with E-state index in [1.807, 2.05) is 25.1 Å². The standard InChI is InChI=1S/C11H13NO.ClH/c1-8-2-3-9(6-11(8)13)10-4-5-12-7-10;/h2-4,6,12-13H,5,7H2,1H3;1H. The summed E-state index contributed by atoms with van der Waals surface area (Å²) in [6.45, 7) is 3.74. The zero-order valence-corrected chi connectivity index (χ0v) is 8.90. The van der Waals surface area contributed by atoms with E-state index in [1.54, 1.807) is 0 Å². The van der Waals surface area contributed by atoms with Crippen molar-refractivity contribution in [2.45, 2.75) is 6.92 Å². The quantitative estimate of drug-likeness (QED) is 0.746. The fourth-order valence-electron chi connectivity index (χ4n) is 1.50. The summed E-state index contributed by atoms with van der Waals surface area (Å²) in [5.41, 5.74) is 3.32. The van der Waals surface area contributed by atoms with E-state index in [2.05, 4.69) is 11.4 Å². The highest BCUT2D eigenvalue weighted by Gasteiger charge is 2.07. The topological polar surface area (TPSA) is 32.3 Å². The number of hydrogen-bond donors (Lipinski definition) is 2. The lowest BCUT2D eigenvalue weighted by molar-refractivity contribution is 0.471. The van der Waals surface area contributed by atoms with E-state index in [9.17, 15) is 5.11 Å². The Balaban J connectivity index is 0.000000980. The normalized spacial score (nSPS) is 14.8. The van der Waals surface area contributed by atoms with Crippen molar-refractivity contribution in [1.82, 2.24) is 5.32 Å². The SMILES string of the molecule is Cc1ccc(C2=CCNC2)cc1O.Cl. The van der Waals surface area contributed by atoms with Crippen LogP contribution in [0.5, 0.6) is 5.75 Å². The fraction of sp³-hybridized carbons (Fsp3) is 0.273. The summed E-state index contributed by atoms with van der Waals surface area (Å²) >= 11 is 0. The van der Waals surface area contributed by atoms with Crippen LogP contribution in [0.15, 0.2) is 24.3 Å². The van der Waals surface area contributed by atoms with Gasteiger partial charge in [0.15, 0.2) is 0 Å². The maximum atomic E-state index is 9.51. The summed E-state index contributed by atoms with van der Waals surface area (Å²) in [5, 5.41) is 12.7. The van der Waals surface area contributed by atoms with Gasteiger partial charge in [-0.3, -0.25) is 0 Å². The zero-order chi connectivity index (χ0) is 9.26. The Morgan fingerprint density at radius 1 is 1.36 bits per heavy atom. The third-order valence-electron chi connectivity index (χ3n) is 2.39. The highest BCUT2D eigenvalue weighted by Crippen LogP contribution is 2.23. The molecule has 1 aliphatic rings. The number of aromatic hydroxyl groups is 1. The molecule has 0 bridgehead atoms. The smallest absolute Gasteiger partial charge is 0.119 e. The lowest BCUT2D eigenvalue weighted by Crippen LogP contribution is -2.07. The molecular weight excluding hydrogens is 198 g/mol. The molecule has 0 saturated heterocycles. The monoisotopic (exact) mass is 211 g/mol. The van der Waals surface area contributed by atoms with Crippen molar-refractivity contribution in [2.24, 2.45) is 0 Å². The van der Waals surface area contributed by atoms with Gasteiger partial charge in [0.1, 0.15) is 5.75 Å². The van der Waals surface area contributed by atoms with E-state index in [0.717, 1.165) is 24.2 Å². The molecule has 2 rings (SSSR count). The van der Waals surface area contributed by atoms with Gasteiger partial charge in [-0.2, -0.15) is 0 Å². The molecule has 2 nitrogen and oxygen atoms in total. The fourth-order valence-corrected chi connectivity index (χ4v) is 1.50. The van der Waals surface area contributed by atoms with Crippen LogP contribution in [0.25, 0.3) is 5.57 Å². The van der Waals surface area contributed by atoms with Crippen molar-refractivity contribution < 1.29 is 5.11 Å². The minimum atomic E-state index is 0. The van der Waals surface area contributed by atoms with Crippen LogP contribution < -0.4 is 5.32 Å². The molecule has 3 heteroatoms. The molecule has 76 valence electrons. The van der Waals surface area contributed by atoms with Crippen molar-refractivity contribution in [2.75, 3.05) is 13.1 Å². The highest BCUT2D eigenvalue weighted by atomic mass is 35.5. The predicted molar refractivity (Wildman–Crippen MR) is 60.9 cm³/mol. The van der Waals surface area contributed by atoms with Gasteiger partial charge in [-0.25, -0.2) is 0 Å². The number of benzene rings is 1. The van der Waals surface area contributed by atoms with Crippen LogP contribution in [0.2, 0.25) is 0 Å². The number of phenols is 1. The third kappa shape index (κ3) is 2.08. The molecule has 2 N–H and O–H groups in total. The van der Waals surface area contributed by atoms with Gasteiger partial charge in [-0.1, -0.05) is 18.2 Å². The maximum absolute atomic E-state index is 9.51. The number of aryl methyl sites for hydroxylation is 1. The van der Waals surface area contributed by atoms with Gasteiger partial charge in [0.05, 0.1) is 0 Å². The summed E-state index contributed by atoms with van der Waals surface area (Å²) in [6.07, 6.45) is 2.16. The molecule has 0 spiro atoms. The van der Waals surface area contributed by atoms with Gasteiger partial charge in [-0.05, 0) is 29.7 Å². The number of phenolic OH excluding ortho intramolecular Hbond substituents is 1. The Bertz CT molecular complexity index is 360. The molecule has 14 heavy (non-hydrogen) atoms. The van der Waals surface area contributed by atoms with Crippen molar-refractivity contribution >= 4 is 18.0 Å². The van der Waals surface area contributed by atoms with Crippen molar-refractivity contribution in [3.63, 3.8) is 0 Å². The highest BCUT2D eigenvalue weighted by molar-refractivity contribution is 5.85. The average Bonchev–Trinajstić information content (AvgIpc) is 2.62. The van der Waals surface area contributed by atoms with Crippen LogP contribution in [0, 0.1) is 6.92 Å². The van der Waals surface area contributed by atoms with E-state index in [-0.39, 0.29) is 12.4 Å².